The lowest BCUT2D eigenvalue weighted by Gasteiger charge is -2.07. The fourth-order valence-electron chi connectivity index (χ4n) is 1.94. The summed E-state index contributed by atoms with van der Waals surface area (Å²) in [7, 11) is 1.45. The zero-order valence-electron chi connectivity index (χ0n) is 11.0. The topological polar surface area (TPSA) is 106 Å². The number of hydrogen-bond acceptors (Lipinski definition) is 6. The average Bonchev–Trinajstić information content (AvgIpc) is 2.94. The summed E-state index contributed by atoms with van der Waals surface area (Å²) >= 11 is 0. The number of benzene rings is 1. The highest BCUT2D eigenvalue weighted by molar-refractivity contribution is 5.83. The first-order valence-electron chi connectivity index (χ1n) is 6.07. The molecule has 0 aliphatic carbocycles. The molecule has 2 N–H and O–H groups in total. The van der Waals surface area contributed by atoms with E-state index >= 15 is 0 Å². The highest BCUT2D eigenvalue weighted by atomic mass is 16.6. The Morgan fingerprint density at radius 3 is 2.95 bits per heavy atom. The number of ether oxygens (including phenoxy) is 1. The van der Waals surface area contributed by atoms with E-state index in [1.807, 2.05) is 12.1 Å². The molecule has 2 heterocycles. The molecule has 0 saturated carbocycles. The van der Waals surface area contributed by atoms with Gasteiger partial charge in [-0.05, 0) is 18.2 Å². The first-order valence-corrected chi connectivity index (χ1v) is 6.07. The standard InChI is InChI=1S/C13H11N5O3/c1-21-12-5-4-11(18(19)20)13(16-12)15-9-2-3-10-8(6-9)7-14-17-10/h2-7H,1H3,(H,14,17)(H,15,16). The average molecular weight is 285 g/mol. The van der Waals surface area contributed by atoms with Gasteiger partial charge >= 0.3 is 5.69 Å². The van der Waals surface area contributed by atoms with Gasteiger partial charge in [-0.25, -0.2) is 0 Å². The van der Waals surface area contributed by atoms with Crippen LogP contribution in [0.15, 0.2) is 36.5 Å². The molecule has 0 aliphatic heterocycles. The van der Waals surface area contributed by atoms with E-state index in [1.165, 1.54) is 19.2 Å². The van der Waals surface area contributed by atoms with Gasteiger partial charge in [0.15, 0.2) is 0 Å². The van der Waals surface area contributed by atoms with E-state index in [1.54, 1.807) is 12.3 Å². The molecule has 21 heavy (non-hydrogen) atoms. The summed E-state index contributed by atoms with van der Waals surface area (Å²) in [5, 5.41) is 21.6. The molecule has 0 unspecified atom stereocenters. The Labute approximate surface area is 118 Å². The molecule has 0 spiro atoms. The molecule has 0 bridgehead atoms. The highest BCUT2D eigenvalue weighted by Crippen LogP contribution is 2.28. The van der Waals surface area contributed by atoms with Crippen molar-refractivity contribution in [2.24, 2.45) is 0 Å². The van der Waals surface area contributed by atoms with E-state index in [4.69, 9.17) is 4.74 Å². The Bertz CT molecular complexity index is 814. The lowest BCUT2D eigenvalue weighted by atomic mass is 10.2. The van der Waals surface area contributed by atoms with Crippen LogP contribution in [0.4, 0.5) is 17.2 Å². The number of anilines is 2. The monoisotopic (exact) mass is 285 g/mol. The number of hydrogen-bond donors (Lipinski definition) is 2. The Hall–Kier alpha value is -3.16. The van der Waals surface area contributed by atoms with Gasteiger partial charge in [-0.15, -0.1) is 0 Å². The van der Waals surface area contributed by atoms with Gasteiger partial charge in [0.05, 0.1) is 23.7 Å². The molecule has 3 aromatic rings. The number of rotatable bonds is 4. The van der Waals surface area contributed by atoms with Crippen molar-refractivity contribution in [3.8, 4) is 5.88 Å². The summed E-state index contributed by atoms with van der Waals surface area (Å²) in [6, 6.07) is 8.24. The van der Waals surface area contributed by atoms with E-state index in [-0.39, 0.29) is 11.5 Å². The van der Waals surface area contributed by atoms with Crippen molar-refractivity contribution < 1.29 is 9.66 Å². The summed E-state index contributed by atoms with van der Waals surface area (Å²) in [6.45, 7) is 0. The molecular weight excluding hydrogens is 274 g/mol. The molecule has 0 radical (unpaired) electrons. The highest BCUT2D eigenvalue weighted by Gasteiger charge is 2.16. The molecule has 8 heteroatoms. The normalized spacial score (nSPS) is 10.5. The summed E-state index contributed by atoms with van der Waals surface area (Å²) in [4.78, 5) is 14.6. The quantitative estimate of drug-likeness (QED) is 0.563. The molecule has 106 valence electrons. The third-order valence-corrected chi connectivity index (χ3v) is 2.96. The zero-order chi connectivity index (χ0) is 14.8. The van der Waals surface area contributed by atoms with Crippen LogP contribution in [0.25, 0.3) is 10.9 Å². The predicted molar refractivity (Wildman–Crippen MR) is 76.8 cm³/mol. The van der Waals surface area contributed by atoms with E-state index in [9.17, 15) is 10.1 Å². The minimum atomic E-state index is -0.495. The van der Waals surface area contributed by atoms with Crippen LogP contribution in [0.2, 0.25) is 0 Å². The van der Waals surface area contributed by atoms with Crippen molar-refractivity contribution in [2.75, 3.05) is 12.4 Å². The van der Waals surface area contributed by atoms with Crippen LogP contribution >= 0.6 is 0 Å². The second-order valence-electron chi connectivity index (χ2n) is 4.28. The van der Waals surface area contributed by atoms with Crippen molar-refractivity contribution in [2.45, 2.75) is 0 Å². The molecular formula is C13H11N5O3. The fraction of sp³-hybridized carbons (Fsp3) is 0.0769. The van der Waals surface area contributed by atoms with Gasteiger partial charge in [0, 0.05) is 23.2 Å². The van der Waals surface area contributed by atoms with Gasteiger partial charge in [0.25, 0.3) is 0 Å². The van der Waals surface area contributed by atoms with E-state index < -0.39 is 4.92 Å². The van der Waals surface area contributed by atoms with Crippen molar-refractivity contribution in [1.29, 1.82) is 0 Å². The number of nitro groups is 1. The molecule has 0 aliphatic rings. The zero-order valence-corrected chi connectivity index (χ0v) is 11.0. The predicted octanol–water partition coefficient (Wildman–Crippen LogP) is 2.62. The number of pyridine rings is 1. The van der Waals surface area contributed by atoms with Crippen LogP contribution in [0.1, 0.15) is 0 Å². The Morgan fingerprint density at radius 2 is 2.19 bits per heavy atom. The summed E-state index contributed by atoms with van der Waals surface area (Å²) < 4.78 is 5.00. The second-order valence-corrected chi connectivity index (χ2v) is 4.28. The number of nitrogens with zero attached hydrogens (tertiary/aromatic N) is 3. The third-order valence-electron chi connectivity index (χ3n) is 2.96. The maximum atomic E-state index is 11.1. The summed E-state index contributed by atoms with van der Waals surface area (Å²) in [6.07, 6.45) is 1.67. The number of methoxy groups -OCH3 is 1. The number of fused-ring (bicyclic) bond motifs is 1. The minimum absolute atomic E-state index is 0.122. The molecule has 0 atom stereocenters. The van der Waals surface area contributed by atoms with Gasteiger partial charge in [-0.1, -0.05) is 0 Å². The maximum Gasteiger partial charge on any atom is 0.311 e. The molecule has 0 amide bonds. The van der Waals surface area contributed by atoms with Crippen LogP contribution in [0, 0.1) is 10.1 Å². The Kier molecular flexibility index (Phi) is 3.11. The lowest BCUT2D eigenvalue weighted by Crippen LogP contribution is -2.01. The van der Waals surface area contributed by atoms with Crippen LogP contribution in [0.5, 0.6) is 5.88 Å². The number of H-pyrrole nitrogens is 1. The van der Waals surface area contributed by atoms with Gasteiger partial charge in [-0.2, -0.15) is 10.1 Å². The Balaban J connectivity index is 2.00. The molecule has 8 nitrogen and oxygen atoms in total. The van der Waals surface area contributed by atoms with Crippen molar-refractivity contribution in [3.05, 3.63) is 46.6 Å². The SMILES string of the molecule is COc1ccc([N+](=O)[O-])c(Nc2ccc3[nH]ncc3c2)n1. The van der Waals surface area contributed by atoms with Gasteiger partial charge in [0.2, 0.25) is 11.7 Å². The molecule has 2 aromatic heterocycles. The van der Waals surface area contributed by atoms with Gasteiger partial charge < -0.3 is 10.1 Å². The minimum Gasteiger partial charge on any atom is -0.481 e. The largest absolute Gasteiger partial charge is 0.481 e. The fourth-order valence-corrected chi connectivity index (χ4v) is 1.94. The van der Waals surface area contributed by atoms with Gasteiger partial charge in [-0.3, -0.25) is 15.2 Å². The van der Waals surface area contributed by atoms with Crippen LogP contribution in [0.3, 0.4) is 0 Å². The maximum absolute atomic E-state index is 11.1. The first kappa shape index (κ1) is 12.9. The molecule has 3 rings (SSSR count). The lowest BCUT2D eigenvalue weighted by molar-refractivity contribution is -0.384. The van der Waals surface area contributed by atoms with Crippen LogP contribution < -0.4 is 10.1 Å². The van der Waals surface area contributed by atoms with Crippen LogP contribution in [-0.2, 0) is 0 Å². The van der Waals surface area contributed by atoms with Crippen molar-refractivity contribution in [1.82, 2.24) is 15.2 Å². The Morgan fingerprint density at radius 1 is 1.33 bits per heavy atom. The first-order chi connectivity index (χ1) is 10.2. The summed E-state index contributed by atoms with van der Waals surface area (Å²) in [5.74, 6) is 0.426. The molecule has 0 saturated heterocycles. The van der Waals surface area contributed by atoms with Gasteiger partial charge in [0.1, 0.15) is 0 Å². The number of nitrogens with one attached hydrogen (secondary N) is 2. The third kappa shape index (κ3) is 2.46. The van der Waals surface area contributed by atoms with E-state index in [2.05, 4.69) is 20.5 Å². The second kappa shape index (κ2) is 5.08. The van der Waals surface area contributed by atoms with E-state index in [0.29, 0.717) is 11.6 Å². The number of aromatic nitrogens is 3. The smallest absolute Gasteiger partial charge is 0.311 e. The van der Waals surface area contributed by atoms with Crippen molar-refractivity contribution >= 4 is 28.1 Å². The molecule has 0 fully saturated rings. The van der Waals surface area contributed by atoms with E-state index in [0.717, 1.165) is 10.9 Å². The summed E-state index contributed by atoms with van der Waals surface area (Å²) in [5.41, 5.74) is 1.43. The van der Waals surface area contributed by atoms with Crippen LogP contribution in [-0.4, -0.2) is 27.2 Å². The number of aromatic amines is 1. The van der Waals surface area contributed by atoms with Crippen molar-refractivity contribution in [3.63, 3.8) is 0 Å². The molecule has 1 aromatic carbocycles.